The van der Waals surface area contributed by atoms with Crippen molar-refractivity contribution < 1.29 is 9.90 Å². The summed E-state index contributed by atoms with van der Waals surface area (Å²) >= 11 is 0. The first-order chi connectivity index (χ1) is 7.50. The van der Waals surface area contributed by atoms with Gasteiger partial charge in [-0.25, -0.2) is 4.79 Å². The number of nitrogen functional groups attached to an aromatic ring is 1. The lowest BCUT2D eigenvalue weighted by Crippen LogP contribution is -2.15. The number of nitrogens with zero attached hydrogens (tertiary/aromatic N) is 3. The summed E-state index contributed by atoms with van der Waals surface area (Å²) in [6.07, 6.45) is 3.37. The van der Waals surface area contributed by atoms with E-state index in [2.05, 4.69) is 5.10 Å². The van der Waals surface area contributed by atoms with E-state index in [1.807, 2.05) is 6.07 Å². The maximum Gasteiger partial charge on any atom is 0.354 e. The molecule has 0 saturated heterocycles. The van der Waals surface area contributed by atoms with Crippen molar-refractivity contribution in [2.75, 3.05) is 5.84 Å². The van der Waals surface area contributed by atoms with Crippen molar-refractivity contribution in [3.05, 3.63) is 29.7 Å². The van der Waals surface area contributed by atoms with Crippen LogP contribution in [-0.2, 0) is 7.05 Å². The van der Waals surface area contributed by atoms with Crippen LogP contribution in [0.2, 0.25) is 0 Å². The van der Waals surface area contributed by atoms with Crippen LogP contribution in [0.3, 0.4) is 0 Å². The van der Waals surface area contributed by atoms with Crippen molar-refractivity contribution in [2.24, 2.45) is 7.05 Å². The van der Waals surface area contributed by atoms with Gasteiger partial charge in [-0.05, 0) is 18.6 Å². The highest BCUT2D eigenvalue weighted by molar-refractivity contribution is 5.90. The van der Waals surface area contributed by atoms with Gasteiger partial charge in [0.1, 0.15) is 0 Å². The zero-order chi connectivity index (χ0) is 11.9. The Morgan fingerprint density at radius 3 is 2.69 bits per heavy atom. The molecule has 0 aliphatic heterocycles. The molecular weight excluding hydrogens is 208 g/mol. The van der Waals surface area contributed by atoms with Gasteiger partial charge in [-0.1, -0.05) is 0 Å². The molecule has 0 spiro atoms. The number of hydrogen-bond acceptors (Lipinski definition) is 3. The van der Waals surface area contributed by atoms with E-state index >= 15 is 0 Å². The van der Waals surface area contributed by atoms with Gasteiger partial charge in [0.05, 0.1) is 5.69 Å². The smallest absolute Gasteiger partial charge is 0.354 e. The molecule has 0 aromatic carbocycles. The largest absolute Gasteiger partial charge is 0.477 e. The number of hydrogen-bond donors (Lipinski definition) is 2. The highest BCUT2D eigenvalue weighted by Gasteiger charge is 2.18. The Bertz CT molecular complexity index is 553. The summed E-state index contributed by atoms with van der Waals surface area (Å²) in [5.74, 6) is 4.55. The summed E-state index contributed by atoms with van der Waals surface area (Å²) < 4.78 is 2.77. The second-order valence-electron chi connectivity index (χ2n) is 3.60. The minimum absolute atomic E-state index is 0.0839. The van der Waals surface area contributed by atoms with Gasteiger partial charge in [0.2, 0.25) is 0 Å². The molecular formula is C10H12N4O2. The molecule has 0 aliphatic carbocycles. The first-order valence-corrected chi connectivity index (χ1v) is 4.71. The monoisotopic (exact) mass is 220 g/mol. The van der Waals surface area contributed by atoms with Crippen molar-refractivity contribution in [3.63, 3.8) is 0 Å². The van der Waals surface area contributed by atoms with Crippen molar-refractivity contribution in [1.82, 2.24) is 14.5 Å². The van der Waals surface area contributed by atoms with Crippen LogP contribution in [0.15, 0.2) is 18.5 Å². The summed E-state index contributed by atoms with van der Waals surface area (Å²) in [5.41, 5.74) is 2.15. The van der Waals surface area contributed by atoms with Gasteiger partial charge < -0.3 is 10.9 Å². The Labute approximate surface area is 91.9 Å². The van der Waals surface area contributed by atoms with Crippen LogP contribution in [0.1, 0.15) is 16.1 Å². The SMILES string of the molecule is Cc1c(-c2ccn(C)n2)cn(N)c1C(=O)O. The lowest BCUT2D eigenvalue weighted by Gasteiger charge is -1.97. The van der Waals surface area contributed by atoms with E-state index < -0.39 is 5.97 Å². The number of carbonyl (C=O) groups is 1. The van der Waals surface area contributed by atoms with Crippen LogP contribution < -0.4 is 5.84 Å². The number of aromatic nitrogens is 3. The van der Waals surface area contributed by atoms with Gasteiger partial charge in [-0.15, -0.1) is 0 Å². The molecule has 0 unspecified atom stereocenters. The molecule has 6 heteroatoms. The second-order valence-corrected chi connectivity index (χ2v) is 3.60. The highest BCUT2D eigenvalue weighted by Crippen LogP contribution is 2.24. The van der Waals surface area contributed by atoms with Crippen LogP contribution in [0.25, 0.3) is 11.3 Å². The van der Waals surface area contributed by atoms with Crippen LogP contribution in [-0.4, -0.2) is 25.5 Å². The average molecular weight is 220 g/mol. The quantitative estimate of drug-likeness (QED) is 0.726. The first-order valence-electron chi connectivity index (χ1n) is 4.71. The molecule has 0 aliphatic rings. The fourth-order valence-electron chi connectivity index (χ4n) is 1.71. The van der Waals surface area contributed by atoms with Crippen molar-refractivity contribution in [3.8, 4) is 11.3 Å². The molecule has 0 saturated carbocycles. The van der Waals surface area contributed by atoms with E-state index in [1.54, 1.807) is 31.0 Å². The van der Waals surface area contributed by atoms with Crippen molar-refractivity contribution >= 4 is 5.97 Å². The van der Waals surface area contributed by atoms with E-state index in [1.165, 1.54) is 0 Å². The van der Waals surface area contributed by atoms with Crippen molar-refractivity contribution in [2.45, 2.75) is 6.92 Å². The standard InChI is InChI=1S/C10H12N4O2/c1-6-7(8-3-4-13(2)12-8)5-14(11)9(6)10(15)16/h3-5H,11H2,1-2H3,(H,15,16). The third kappa shape index (κ3) is 1.44. The molecule has 0 bridgehead atoms. The Kier molecular flexibility index (Phi) is 2.19. The van der Waals surface area contributed by atoms with E-state index in [0.29, 0.717) is 11.3 Å². The summed E-state index contributed by atoms with van der Waals surface area (Å²) in [6, 6.07) is 1.81. The zero-order valence-electron chi connectivity index (χ0n) is 9.01. The topological polar surface area (TPSA) is 86.1 Å². The molecule has 0 atom stereocenters. The van der Waals surface area contributed by atoms with E-state index in [-0.39, 0.29) is 5.69 Å². The maximum absolute atomic E-state index is 11.0. The Balaban J connectivity index is 2.59. The summed E-state index contributed by atoms with van der Waals surface area (Å²) in [5, 5.41) is 13.2. The third-order valence-corrected chi connectivity index (χ3v) is 2.48. The predicted molar refractivity (Wildman–Crippen MR) is 58.5 cm³/mol. The predicted octanol–water partition coefficient (Wildman–Crippen LogP) is 0.609. The van der Waals surface area contributed by atoms with Gasteiger partial charge >= 0.3 is 5.97 Å². The van der Waals surface area contributed by atoms with Crippen LogP contribution in [0.5, 0.6) is 0 Å². The number of nitrogens with two attached hydrogens (primary N) is 1. The minimum Gasteiger partial charge on any atom is -0.477 e. The molecule has 2 heterocycles. The normalized spacial score (nSPS) is 10.6. The Morgan fingerprint density at radius 1 is 1.56 bits per heavy atom. The summed E-state index contributed by atoms with van der Waals surface area (Å²) in [7, 11) is 1.80. The van der Waals surface area contributed by atoms with Gasteiger partial charge in [-0.3, -0.25) is 9.36 Å². The van der Waals surface area contributed by atoms with E-state index in [0.717, 1.165) is 10.2 Å². The molecule has 6 nitrogen and oxygen atoms in total. The van der Waals surface area contributed by atoms with Gasteiger partial charge in [0, 0.05) is 25.0 Å². The second kappa shape index (κ2) is 3.41. The zero-order valence-corrected chi connectivity index (χ0v) is 9.01. The van der Waals surface area contributed by atoms with Crippen LogP contribution >= 0.6 is 0 Å². The molecule has 84 valence electrons. The maximum atomic E-state index is 11.0. The number of rotatable bonds is 2. The van der Waals surface area contributed by atoms with Gasteiger partial charge in [0.15, 0.2) is 5.69 Å². The third-order valence-electron chi connectivity index (χ3n) is 2.48. The minimum atomic E-state index is -1.04. The Hall–Kier alpha value is -2.24. The molecule has 2 rings (SSSR count). The highest BCUT2D eigenvalue weighted by atomic mass is 16.4. The average Bonchev–Trinajstić information content (AvgIpc) is 2.70. The summed E-state index contributed by atoms with van der Waals surface area (Å²) in [6.45, 7) is 1.72. The van der Waals surface area contributed by atoms with E-state index in [4.69, 9.17) is 10.9 Å². The molecule has 0 amide bonds. The number of carboxylic acid groups (broad SMARTS) is 1. The molecule has 2 aromatic rings. The fraction of sp³-hybridized carbons (Fsp3) is 0.200. The molecule has 0 fully saturated rings. The first kappa shape index (κ1) is 10.3. The van der Waals surface area contributed by atoms with Crippen LogP contribution in [0.4, 0.5) is 0 Å². The lowest BCUT2D eigenvalue weighted by atomic mass is 10.1. The number of aromatic carboxylic acids is 1. The molecule has 3 N–H and O–H groups in total. The molecule has 0 radical (unpaired) electrons. The number of carboxylic acids is 1. The van der Waals surface area contributed by atoms with Crippen molar-refractivity contribution in [1.29, 1.82) is 0 Å². The van der Waals surface area contributed by atoms with Gasteiger partial charge in [0.25, 0.3) is 0 Å². The summed E-state index contributed by atoms with van der Waals surface area (Å²) in [4.78, 5) is 11.0. The lowest BCUT2D eigenvalue weighted by molar-refractivity contribution is 0.0686. The van der Waals surface area contributed by atoms with Crippen LogP contribution in [0, 0.1) is 6.92 Å². The number of aryl methyl sites for hydroxylation is 1. The fourth-order valence-corrected chi connectivity index (χ4v) is 1.71. The molecule has 2 aromatic heterocycles. The Morgan fingerprint density at radius 2 is 2.25 bits per heavy atom. The van der Waals surface area contributed by atoms with Gasteiger partial charge in [-0.2, -0.15) is 5.10 Å². The van der Waals surface area contributed by atoms with E-state index in [9.17, 15) is 4.79 Å². The molecule has 16 heavy (non-hydrogen) atoms.